The van der Waals surface area contributed by atoms with Crippen LogP contribution in [0.4, 0.5) is 0 Å². The summed E-state index contributed by atoms with van der Waals surface area (Å²) in [6.07, 6.45) is 4.85. The van der Waals surface area contributed by atoms with E-state index in [9.17, 15) is 9.90 Å². The molecule has 118 valence electrons. The number of carboxylic acids is 1. The van der Waals surface area contributed by atoms with Crippen molar-refractivity contribution in [2.24, 2.45) is 5.41 Å². The molecule has 0 bridgehead atoms. The molecule has 0 aromatic rings. The molecule has 2 N–H and O–H groups in total. The number of nitrogens with one attached hydrogen (secondary N) is 1. The van der Waals surface area contributed by atoms with Gasteiger partial charge in [0.1, 0.15) is 5.54 Å². The van der Waals surface area contributed by atoms with Gasteiger partial charge in [0, 0.05) is 12.6 Å². The fourth-order valence-electron chi connectivity index (χ4n) is 3.40. The van der Waals surface area contributed by atoms with Crippen molar-refractivity contribution in [2.45, 2.75) is 71.9 Å². The lowest BCUT2D eigenvalue weighted by Crippen LogP contribution is -2.60. The fraction of sp³-hybridized carbons (Fsp3) is 0.938. The molecule has 0 aliphatic carbocycles. The number of carbonyl (C=O) groups is 1. The van der Waals surface area contributed by atoms with Crippen LogP contribution in [0.5, 0.6) is 0 Å². The van der Waals surface area contributed by atoms with Crippen molar-refractivity contribution in [3.8, 4) is 0 Å². The average Bonchev–Trinajstić information content (AvgIpc) is 2.39. The molecular formula is C16H32N2O2. The zero-order valence-corrected chi connectivity index (χ0v) is 13.8. The SMILES string of the molecule is CCC1(CC)CCN(CC(C)(NC(C)C)C(=O)O)CC1. The van der Waals surface area contributed by atoms with Gasteiger partial charge >= 0.3 is 5.97 Å². The number of likely N-dealkylation sites (tertiary alicyclic amines) is 1. The Bertz CT molecular complexity index is 316. The maximum Gasteiger partial charge on any atom is 0.324 e. The minimum atomic E-state index is -0.855. The molecule has 1 atom stereocenters. The minimum Gasteiger partial charge on any atom is -0.480 e. The summed E-state index contributed by atoms with van der Waals surface area (Å²) in [5.74, 6) is -0.756. The quantitative estimate of drug-likeness (QED) is 0.755. The predicted molar refractivity (Wildman–Crippen MR) is 83.0 cm³/mol. The van der Waals surface area contributed by atoms with Gasteiger partial charge in [-0.05, 0) is 52.1 Å². The molecule has 1 rings (SSSR count). The standard InChI is InChI=1S/C16H32N2O2/c1-6-16(7-2)8-10-18(11-9-16)12-15(5,14(19)20)17-13(3)4/h13,17H,6-12H2,1-5H3,(H,19,20). The van der Waals surface area contributed by atoms with Crippen molar-refractivity contribution >= 4 is 5.97 Å². The first-order chi connectivity index (χ1) is 9.27. The molecule has 0 saturated carbocycles. The normalized spacial score (nSPS) is 22.7. The summed E-state index contributed by atoms with van der Waals surface area (Å²) in [6, 6.07) is 0.172. The molecule has 0 radical (unpaired) electrons. The zero-order chi connectivity index (χ0) is 15.4. The third-order valence-electron chi connectivity index (χ3n) is 5.04. The van der Waals surface area contributed by atoms with Gasteiger partial charge in [-0.15, -0.1) is 0 Å². The first kappa shape index (κ1) is 17.4. The van der Waals surface area contributed by atoms with Crippen LogP contribution in [0.1, 0.15) is 60.3 Å². The molecule has 4 heteroatoms. The van der Waals surface area contributed by atoms with Crippen molar-refractivity contribution in [3.05, 3.63) is 0 Å². The highest BCUT2D eigenvalue weighted by atomic mass is 16.4. The Morgan fingerprint density at radius 3 is 2.15 bits per heavy atom. The lowest BCUT2D eigenvalue weighted by molar-refractivity contribution is -0.145. The lowest BCUT2D eigenvalue weighted by atomic mass is 9.74. The third-order valence-corrected chi connectivity index (χ3v) is 5.04. The third kappa shape index (κ3) is 4.19. The number of hydrogen-bond acceptors (Lipinski definition) is 3. The summed E-state index contributed by atoms with van der Waals surface area (Å²) in [5, 5.41) is 12.7. The Morgan fingerprint density at radius 2 is 1.80 bits per heavy atom. The highest BCUT2D eigenvalue weighted by molar-refractivity contribution is 5.78. The monoisotopic (exact) mass is 284 g/mol. The number of piperidine rings is 1. The number of rotatable bonds is 7. The number of nitrogens with zero attached hydrogens (tertiary/aromatic N) is 1. The van der Waals surface area contributed by atoms with Crippen LogP contribution in [0.25, 0.3) is 0 Å². The van der Waals surface area contributed by atoms with Crippen molar-refractivity contribution in [1.82, 2.24) is 10.2 Å². The first-order valence-electron chi connectivity index (χ1n) is 8.00. The Kier molecular flexibility index (Phi) is 6.02. The van der Waals surface area contributed by atoms with E-state index < -0.39 is 11.5 Å². The summed E-state index contributed by atoms with van der Waals surface area (Å²) in [5.41, 5.74) is -0.367. The molecule has 0 amide bonds. The minimum absolute atomic E-state index is 0.172. The highest BCUT2D eigenvalue weighted by Gasteiger charge is 2.38. The van der Waals surface area contributed by atoms with E-state index >= 15 is 0 Å². The van der Waals surface area contributed by atoms with Crippen LogP contribution in [-0.4, -0.2) is 47.2 Å². The summed E-state index contributed by atoms with van der Waals surface area (Å²) in [7, 11) is 0. The molecule has 1 fully saturated rings. The second-order valence-electron chi connectivity index (χ2n) is 6.92. The number of aliphatic carboxylic acids is 1. The van der Waals surface area contributed by atoms with Gasteiger partial charge in [-0.2, -0.15) is 0 Å². The van der Waals surface area contributed by atoms with E-state index in [0.717, 1.165) is 13.1 Å². The van der Waals surface area contributed by atoms with E-state index in [2.05, 4.69) is 24.1 Å². The van der Waals surface area contributed by atoms with Gasteiger partial charge in [0.05, 0.1) is 0 Å². The van der Waals surface area contributed by atoms with Gasteiger partial charge in [-0.1, -0.05) is 26.7 Å². The number of hydrogen-bond donors (Lipinski definition) is 2. The Morgan fingerprint density at radius 1 is 1.30 bits per heavy atom. The van der Waals surface area contributed by atoms with Crippen molar-refractivity contribution in [2.75, 3.05) is 19.6 Å². The average molecular weight is 284 g/mol. The van der Waals surface area contributed by atoms with Crippen LogP contribution in [0.2, 0.25) is 0 Å². The summed E-state index contributed by atoms with van der Waals surface area (Å²) in [6.45, 7) is 13.0. The number of carboxylic acid groups (broad SMARTS) is 1. The zero-order valence-electron chi connectivity index (χ0n) is 13.8. The molecule has 1 aliphatic heterocycles. The van der Waals surface area contributed by atoms with Crippen LogP contribution in [0.15, 0.2) is 0 Å². The van der Waals surface area contributed by atoms with Crippen molar-refractivity contribution in [1.29, 1.82) is 0 Å². The second kappa shape index (κ2) is 6.90. The van der Waals surface area contributed by atoms with E-state index in [0.29, 0.717) is 12.0 Å². The molecular weight excluding hydrogens is 252 g/mol. The molecule has 4 nitrogen and oxygen atoms in total. The predicted octanol–water partition coefficient (Wildman–Crippen LogP) is 2.73. The fourth-order valence-corrected chi connectivity index (χ4v) is 3.40. The summed E-state index contributed by atoms with van der Waals surface area (Å²) in [4.78, 5) is 13.9. The maximum absolute atomic E-state index is 11.6. The summed E-state index contributed by atoms with van der Waals surface area (Å²) < 4.78 is 0. The van der Waals surface area contributed by atoms with Crippen LogP contribution >= 0.6 is 0 Å². The van der Waals surface area contributed by atoms with Crippen molar-refractivity contribution in [3.63, 3.8) is 0 Å². The van der Waals surface area contributed by atoms with Crippen LogP contribution < -0.4 is 5.32 Å². The maximum atomic E-state index is 11.6. The van der Waals surface area contributed by atoms with Crippen LogP contribution in [-0.2, 0) is 4.79 Å². The molecule has 1 heterocycles. The van der Waals surface area contributed by atoms with Crippen LogP contribution in [0.3, 0.4) is 0 Å². The molecule has 0 aromatic carbocycles. The van der Waals surface area contributed by atoms with Gasteiger partial charge in [-0.3, -0.25) is 10.1 Å². The highest BCUT2D eigenvalue weighted by Crippen LogP contribution is 2.38. The van der Waals surface area contributed by atoms with E-state index in [1.54, 1.807) is 6.92 Å². The molecule has 1 unspecified atom stereocenters. The Hall–Kier alpha value is -0.610. The largest absolute Gasteiger partial charge is 0.480 e. The van der Waals surface area contributed by atoms with E-state index in [4.69, 9.17) is 0 Å². The van der Waals surface area contributed by atoms with Gasteiger partial charge in [0.15, 0.2) is 0 Å². The Labute approximate surface area is 123 Å². The molecule has 1 saturated heterocycles. The van der Waals surface area contributed by atoms with E-state index in [1.165, 1.54) is 25.7 Å². The lowest BCUT2D eigenvalue weighted by Gasteiger charge is -2.43. The molecule has 20 heavy (non-hydrogen) atoms. The topological polar surface area (TPSA) is 52.6 Å². The molecule has 1 aliphatic rings. The van der Waals surface area contributed by atoms with Gasteiger partial charge in [0.25, 0.3) is 0 Å². The van der Waals surface area contributed by atoms with Gasteiger partial charge < -0.3 is 10.0 Å². The van der Waals surface area contributed by atoms with Crippen LogP contribution in [0, 0.1) is 5.41 Å². The molecule has 0 aromatic heterocycles. The first-order valence-corrected chi connectivity index (χ1v) is 8.00. The summed E-state index contributed by atoms with van der Waals surface area (Å²) >= 11 is 0. The van der Waals surface area contributed by atoms with Gasteiger partial charge in [-0.25, -0.2) is 0 Å². The smallest absolute Gasteiger partial charge is 0.324 e. The molecule has 0 spiro atoms. The van der Waals surface area contributed by atoms with E-state index in [1.807, 2.05) is 13.8 Å². The van der Waals surface area contributed by atoms with Gasteiger partial charge in [0.2, 0.25) is 0 Å². The van der Waals surface area contributed by atoms with E-state index in [-0.39, 0.29) is 6.04 Å². The van der Waals surface area contributed by atoms with Crippen molar-refractivity contribution < 1.29 is 9.90 Å². The second-order valence-corrected chi connectivity index (χ2v) is 6.92. The Balaban J connectivity index is 2.63.